The van der Waals surface area contributed by atoms with Crippen LogP contribution in [0.25, 0.3) is 11.4 Å². The maximum Gasteiger partial charge on any atom is 0.513 e. The molecule has 1 saturated heterocycles. The SMILES string of the molecule is CCCC(=N)c1nc(-c2cc(S(=O)(=O)N3CCN(CCOC(=O)Oc4ccccc4)CC3)ccc2OCC)[nH]c(=O)c1NC. The van der Waals surface area contributed by atoms with E-state index in [1.807, 2.05) is 17.9 Å². The third-order valence-corrected chi connectivity index (χ3v) is 8.90. The van der Waals surface area contributed by atoms with Crippen molar-refractivity contribution in [3.05, 3.63) is 64.6 Å². The Morgan fingerprint density at radius 2 is 1.82 bits per heavy atom. The summed E-state index contributed by atoms with van der Waals surface area (Å²) in [6.07, 6.45) is 0.326. The standard InChI is InChI=1S/C30H38N6O7S/c1-4-9-24(31)26-27(32-3)29(37)34-28(33-26)23-20-22(12-13-25(23)41-5-2)44(39,40)36-16-14-35(15-17-36)18-19-42-30(38)43-21-10-7-6-8-11-21/h6-8,10-13,20,31-32H,4-5,9,14-19H2,1-3H3,(H,33,34,37). The topological polar surface area (TPSA) is 167 Å². The predicted molar refractivity (Wildman–Crippen MR) is 166 cm³/mol. The summed E-state index contributed by atoms with van der Waals surface area (Å²) in [6, 6.07) is 13.1. The lowest BCUT2D eigenvalue weighted by molar-refractivity contribution is 0.0809. The number of ether oxygens (including phenoxy) is 3. The Hall–Kier alpha value is -4.27. The fraction of sp³-hybridized carbons (Fsp3) is 0.400. The highest BCUT2D eigenvalue weighted by atomic mass is 32.2. The molecule has 0 bridgehead atoms. The first-order valence-corrected chi connectivity index (χ1v) is 15.9. The van der Waals surface area contributed by atoms with E-state index >= 15 is 0 Å². The molecule has 0 saturated carbocycles. The van der Waals surface area contributed by atoms with Crippen LogP contribution in [0.3, 0.4) is 0 Å². The molecule has 0 aliphatic carbocycles. The second-order valence-corrected chi connectivity index (χ2v) is 11.9. The summed E-state index contributed by atoms with van der Waals surface area (Å²) in [5.41, 5.74) is 0.402. The van der Waals surface area contributed by atoms with Crippen molar-refractivity contribution < 1.29 is 27.4 Å². The molecule has 3 N–H and O–H groups in total. The van der Waals surface area contributed by atoms with E-state index in [9.17, 15) is 18.0 Å². The zero-order chi connectivity index (χ0) is 31.7. The molecular weight excluding hydrogens is 588 g/mol. The molecule has 1 aliphatic rings. The third kappa shape index (κ3) is 7.81. The number of nitrogens with one attached hydrogen (secondary N) is 3. The van der Waals surface area contributed by atoms with Crippen LogP contribution in [-0.4, -0.2) is 92.4 Å². The summed E-state index contributed by atoms with van der Waals surface area (Å²) in [4.78, 5) is 34.2. The van der Waals surface area contributed by atoms with Gasteiger partial charge in [-0.15, -0.1) is 0 Å². The Balaban J connectivity index is 1.47. The summed E-state index contributed by atoms with van der Waals surface area (Å²) in [7, 11) is -2.32. The van der Waals surface area contributed by atoms with Gasteiger partial charge in [-0.05, 0) is 43.7 Å². The molecule has 0 spiro atoms. The molecule has 1 aliphatic heterocycles. The second-order valence-electron chi connectivity index (χ2n) is 9.97. The van der Waals surface area contributed by atoms with Gasteiger partial charge in [0.1, 0.15) is 35.3 Å². The van der Waals surface area contributed by atoms with Gasteiger partial charge in [-0.25, -0.2) is 18.2 Å². The molecule has 0 atom stereocenters. The normalized spacial score (nSPS) is 14.2. The molecule has 44 heavy (non-hydrogen) atoms. The van der Waals surface area contributed by atoms with Crippen LogP contribution in [0.15, 0.2) is 58.2 Å². The largest absolute Gasteiger partial charge is 0.513 e. The number of H-pyrrole nitrogens is 1. The summed E-state index contributed by atoms with van der Waals surface area (Å²) < 4.78 is 44.8. The van der Waals surface area contributed by atoms with E-state index < -0.39 is 21.7 Å². The number of aromatic amines is 1. The van der Waals surface area contributed by atoms with Crippen molar-refractivity contribution in [1.82, 2.24) is 19.2 Å². The fourth-order valence-corrected chi connectivity index (χ4v) is 6.22. The van der Waals surface area contributed by atoms with Gasteiger partial charge in [0.2, 0.25) is 10.0 Å². The Bertz CT molecular complexity index is 1620. The first-order valence-electron chi connectivity index (χ1n) is 14.5. The Morgan fingerprint density at radius 3 is 2.48 bits per heavy atom. The van der Waals surface area contributed by atoms with Crippen molar-refractivity contribution in [2.75, 3.05) is 58.3 Å². The van der Waals surface area contributed by atoms with Crippen LogP contribution in [0, 0.1) is 5.41 Å². The zero-order valence-electron chi connectivity index (χ0n) is 25.1. The number of sulfonamides is 1. The number of piperazine rings is 1. The van der Waals surface area contributed by atoms with Gasteiger partial charge in [0.25, 0.3) is 5.56 Å². The van der Waals surface area contributed by atoms with E-state index in [1.165, 1.54) is 16.4 Å². The van der Waals surface area contributed by atoms with Gasteiger partial charge < -0.3 is 29.9 Å². The van der Waals surface area contributed by atoms with Gasteiger partial charge in [0.05, 0.1) is 22.8 Å². The van der Waals surface area contributed by atoms with Crippen LogP contribution < -0.4 is 20.3 Å². The fourth-order valence-electron chi connectivity index (χ4n) is 4.77. The minimum atomic E-state index is -3.90. The summed E-state index contributed by atoms with van der Waals surface area (Å²) >= 11 is 0. The van der Waals surface area contributed by atoms with Crippen LogP contribution in [0.4, 0.5) is 10.5 Å². The number of benzene rings is 2. The van der Waals surface area contributed by atoms with Gasteiger partial charge in [0.15, 0.2) is 0 Å². The minimum absolute atomic E-state index is 0.0296. The van der Waals surface area contributed by atoms with E-state index in [0.29, 0.717) is 56.1 Å². The van der Waals surface area contributed by atoms with Gasteiger partial charge in [-0.2, -0.15) is 4.31 Å². The van der Waals surface area contributed by atoms with Crippen molar-refractivity contribution in [2.24, 2.45) is 0 Å². The highest BCUT2D eigenvalue weighted by Crippen LogP contribution is 2.32. The zero-order valence-corrected chi connectivity index (χ0v) is 25.9. The monoisotopic (exact) mass is 626 g/mol. The average Bonchev–Trinajstić information content (AvgIpc) is 3.02. The number of carbonyl (C=O) groups is 1. The molecule has 0 amide bonds. The number of rotatable bonds is 13. The van der Waals surface area contributed by atoms with Gasteiger partial charge in [-0.1, -0.05) is 31.5 Å². The molecule has 2 heterocycles. The van der Waals surface area contributed by atoms with E-state index in [1.54, 1.807) is 44.3 Å². The maximum absolute atomic E-state index is 13.7. The molecule has 1 aromatic heterocycles. The molecule has 13 nitrogen and oxygen atoms in total. The Morgan fingerprint density at radius 1 is 1.09 bits per heavy atom. The van der Waals surface area contributed by atoms with Crippen molar-refractivity contribution in [1.29, 1.82) is 5.41 Å². The first kappa shape index (κ1) is 32.6. The summed E-state index contributed by atoms with van der Waals surface area (Å²) in [5.74, 6) is 0.860. The Kier molecular flexibility index (Phi) is 11.1. The lowest BCUT2D eigenvalue weighted by atomic mass is 10.1. The molecular formula is C30H38N6O7S. The molecule has 0 unspecified atom stereocenters. The molecule has 1 fully saturated rings. The predicted octanol–water partition coefficient (Wildman–Crippen LogP) is 3.57. The number of hydrogen-bond acceptors (Lipinski definition) is 11. The highest BCUT2D eigenvalue weighted by molar-refractivity contribution is 7.89. The van der Waals surface area contributed by atoms with Crippen molar-refractivity contribution >= 4 is 27.6 Å². The highest BCUT2D eigenvalue weighted by Gasteiger charge is 2.30. The molecule has 2 aromatic carbocycles. The number of anilines is 1. The molecule has 14 heteroatoms. The van der Waals surface area contributed by atoms with Crippen LogP contribution in [0.5, 0.6) is 11.5 Å². The lowest BCUT2D eigenvalue weighted by Gasteiger charge is -2.33. The van der Waals surface area contributed by atoms with Crippen molar-refractivity contribution in [3.63, 3.8) is 0 Å². The Labute approximate surface area is 256 Å². The summed E-state index contributed by atoms with van der Waals surface area (Å²) in [5, 5.41) is 11.3. The van der Waals surface area contributed by atoms with Crippen LogP contribution in [0.1, 0.15) is 32.4 Å². The van der Waals surface area contributed by atoms with E-state index in [-0.39, 0.29) is 47.5 Å². The quantitative estimate of drug-likeness (QED) is 0.145. The minimum Gasteiger partial charge on any atom is -0.493 e. The smallest absolute Gasteiger partial charge is 0.493 e. The number of aromatic nitrogens is 2. The van der Waals surface area contributed by atoms with E-state index in [4.69, 9.17) is 19.6 Å². The van der Waals surface area contributed by atoms with E-state index in [2.05, 4.69) is 15.3 Å². The van der Waals surface area contributed by atoms with Crippen LogP contribution >= 0.6 is 0 Å². The number of nitrogens with zero attached hydrogens (tertiary/aromatic N) is 3. The lowest BCUT2D eigenvalue weighted by Crippen LogP contribution is -2.49. The summed E-state index contributed by atoms with van der Waals surface area (Å²) in [6.45, 7) is 5.96. The van der Waals surface area contributed by atoms with Crippen LogP contribution in [0.2, 0.25) is 0 Å². The number of hydrogen-bond donors (Lipinski definition) is 3. The van der Waals surface area contributed by atoms with Crippen molar-refractivity contribution in [3.8, 4) is 22.9 Å². The van der Waals surface area contributed by atoms with Gasteiger partial charge in [0, 0.05) is 39.8 Å². The average molecular weight is 627 g/mol. The second kappa shape index (κ2) is 14.9. The molecule has 0 radical (unpaired) electrons. The van der Waals surface area contributed by atoms with Crippen molar-refractivity contribution in [2.45, 2.75) is 31.6 Å². The van der Waals surface area contributed by atoms with Gasteiger partial charge >= 0.3 is 6.16 Å². The number of para-hydroxylation sites is 1. The molecule has 3 aromatic rings. The number of carbonyl (C=O) groups excluding carboxylic acids is 1. The van der Waals surface area contributed by atoms with E-state index in [0.717, 1.165) is 0 Å². The van der Waals surface area contributed by atoms with Crippen LogP contribution in [-0.2, 0) is 14.8 Å². The first-order chi connectivity index (χ1) is 21.2. The molecule has 236 valence electrons. The maximum atomic E-state index is 13.7. The third-order valence-electron chi connectivity index (χ3n) is 7.00. The molecule has 4 rings (SSSR count). The van der Waals surface area contributed by atoms with Gasteiger partial charge in [-0.3, -0.25) is 9.69 Å².